The maximum Gasteiger partial charge on any atom is 0.243 e. The molecule has 2 rings (SSSR count). The van der Waals surface area contributed by atoms with Crippen LogP contribution >= 0.6 is 12.4 Å². The summed E-state index contributed by atoms with van der Waals surface area (Å²) in [6.45, 7) is 5.73. The van der Waals surface area contributed by atoms with Gasteiger partial charge in [-0.05, 0) is 36.6 Å². The van der Waals surface area contributed by atoms with E-state index in [9.17, 15) is 9.59 Å². The first-order chi connectivity index (χ1) is 12.3. The first-order valence-electron chi connectivity index (χ1n) is 8.72. The predicted octanol–water partition coefficient (Wildman–Crippen LogP) is 3.46. The molecular formula is C21H28ClN3O2. The third kappa shape index (κ3) is 5.81. The van der Waals surface area contributed by atoms with E-state index in [2.05, 4.69) is 5.32 Å². The Morgan fingerprint density at radius 2 is 1.70 bits per heavy atom. The van der Waals surface area contributed by atoms with E-state index < -0.39 is 12.0 Å². The van der Waals surface area contributed by atoms with E-state index >= 15 is 0 Å². The highest BCUT2D eigenvalue weighted by Crippen LogP contribution is 2.21. The number of amides is 2. The molecule has 2 atom stereocenters. The summed E-state index contributed by atoms with van der Waals surface area (Å²) in [5.74, 6) is -0.802. The van der Waals surface area contributed by atoms with E-state index in [0.29, 0.717) is 0 Å². The molecule has 2 aromatic rings. The monoisotopic (exact) mass is 389 g/mol. The summed E-state index contributed by atoms with van der Waals surface area (Å²) in [6.07, 6.45) is 0. The minimum atomic E-state index is -0.420. The zero-order valence-corrected chi connectivity index (χ0v) is 17.0. The van der Waals surface area contributed by atoms with Gasteiger partial charge in [0.2, 0.25) is 11.8 Å². The van der Waals surface area contributed by atoms with Crippen molar-refractivity contribution in [2.75, 3.05) is 18.9 Å². The first-order valence-corrected chi connectivity index (χ1v) is 8.72. The number of nitrogens with one attached hydrogen (secondary N) is 1. The van der Waals surface area contributed by atoms with Gasteiger partial charge in [-0.25, -0.2) is 0 Å². The Bertz CT molecular complexity index is 780. The lowest BCUT2D eigenvalue weighted by Gasteiger charge is -2.25. The highest BCUT2D eigenvalue weighted by Gasteiger charge is 2.26. The van der Waals surface area contributed by atoms with Gasteiger partial charge in [-0.15, -0.1) is 12.4 Å². The van der Waals surface area contributed by atoms with Gasteiger partial charge in [0.25, 0.3) is 0 Å². The lowest BCUT2D eigenvalue weighted by molar-refractivity contribution is -0.137. The van der Waals surface area contributed by atoms with Gasteiger partial charge >= 0.3 is 0 Å². The Balaban J connectivity index is 0.00000364. The number of aryl methyl sites for hydroxylation is 1. The summed E-state index contributed by atoms with van der Waals surface area (Å²) in [5, 5.41) is 2.87. The summed E-state index contributed by atoms with van der Waals surface area (Å²) in [6, 6.07) is 14.8. The molecule has 0 bridgehead atoms. The van der Waals surface area contributed by atoms with Gasteiger partial charge in [-0.3, -0.25) is 9.59 Å². The van der Waals surface area contributed by atoms with Gasteiger partial charge in [0.15, 0.2) is 0 Å². The largest absolute Gasteiger partial charge is 0.336 e. The fourth-order valence-electron chi connectivity index (χ4n) is 2.83. The summed E-state index contributed by atoms with van der Waals surface area (Å²) >= 11 is 0. The number of rotatable bonds is 6. The number of likely N-dealkylation sites (N-methyl/N-ethyl adjacent to an activating group) is 1. The molecule has 0 fully saturated rings. The number of halogens is 1. The number of nitrogens with zero attached hydrogens (tertiary/aromatic N) is 1. The zero-order valence-electron chi connectivity index (χ0n) is 16.2. The number of nitrogens with two attached hydrogens (primary N) is 1. The van der Waals surface area contributed by atoms with E-state index in [0.717, 1.165) is 22.4 Å². The number of carbonyl (C=O) groups is 2. The van der Waals surface area contributed by atoms with Crippen LogP contribution in [0.3, 0.4) is 0 Å². The van der Waals surface area contributed by atoms with Crippen LogP contribution in [0.15, 0.2) is 48.5 Å². The Morgan fingerprint density at radius 3 is 2.33 bits per heavy atom. The molecule has 5 nitrogen and oxygen atoms in total. The smallest absolute Gasteiger partial charge is 0.243 e. The van der Waals surface area contributed by atoms with Crippen molar-refractivity contribution in [3.05, 3.63) is 65.2 Å². The highest BCUT2D eigenvalue weighted by molar-refractivity contribution is 5.95. The second kappa shape index (κ2) is 10.1. The van der Waals surface area contributed by atoms with Gasteiger partial charge in [-0.2, -0.15) is 0 Å². The zero-order chi connectivity index (χ0) is 19.3. The molecule has 0 aliphatic carbocycles. The molecule has 146 valence electrons. The Kier molecular flexibility index (Phi) is 8.47. The average Bonchev–Trinajstić information content (AvgIpc) is 2.64. The minimum absolute atomic E-state index is 0. The average molecular weight is 390 g/mol. The number of hydrogen-bond donors (Lipinski definition) is 2. The van der Waals surface area contributed by atoms with E-state index in [1.54, 1.807) is 14.0 Å². The molecule has 2 unspecified atom stereocenters. The minimum Gasteiger partial charge on any atom is -0.336 e. The van der Waals surface area contributed by atoms with Gasteiger partial charge in [0.1, 0.15) is 0 Å². The molecule has 0 aliphatic heterocycles. The number of anilines is 1. The van der Waals surface area contributed by atoms with Crippen molar-refractivity contribution in [1.82, 2.24) is 4.90 Å². The molecule has 0 aliphatic rings. The second-order valence-electron chi connectivity index (χ2n) is 6.72. The van der Waals surface area contributed by atoms with Crippen LogP contribution < -0.4 is 11.1 Å². The van der Waals surface area contributed by atoms with Crippen molar-refractivity contribution in [3.63, 3.8) is 0 Å². The molecule has 0 heterocycles. The molecule has 0 radical (unpaired) electrons. The van der Waals surface area contributed by atoms with Crippen molar-refractivity contribution in [2.45, 2.75) is 26.8 Å². The summed E-state index contributed by atoms with van der Waals surface area (Å²) in [4.78, 5) is 26.4. The fraction of sp³-hybridized carbons (Fsp3) is 0.333. The summed E-state index contributed by atoms with van der Waals surface area (Å²) in [5.41, 5.74) is 10.0. The van der Waals surface area contributed by atoms with Gasteiger partial charge in [0.05, 0.1) is 12.5 Å². The van der Waals surface area contributed by atoms with Crippen LogP contribution in [0.5, 0.6) is 0 Å². The van der Waals surface area contributed by atoms with E-state index in [1.807, 2.05) is 62.4 Å². The molecular weight excluding hydrogens is 362 g/mol. The number of hydrogen-bond acceptors (Lipinski definition) is 3. The second-order valence-corrected chi connectivity index (χ2v) is 6.72. The van der Waals surface area contributed by atoms with Gasteiger partial charge in [0, 0.05) is 18.8 Å². The first kappa shape index (κ1) is 22.7. The van der Waals surface area contributed by atoms with Crippen molar-refractivity contribution >= 4 is 29.9 Å². The van der Waals surface area contributed by atoms with Gasteiger partial charge < -0.3 is 16.0 Å². The molecule has 2 amide bonds. The highest BCUT2D eigenvalue weighted by atomic mass is 35.5. The van der Waals surface area contributed by atoms with Crippen LogP contribution in [0.2, 0.25) is 0 Å². The van der Waals surface area contributed by atoms with Crippen molar-refractivity contribution in [2.24, 2.45) is 11.7 Å². The molecule has 0 aromatic heterocycles. The van der Waals surface area contributed by atoms with Crippen LogP contribution in [-0.4, -0.2) is 30.3 Å². The van der Waals surface area contributed by atoms with Crippen LogP contribution in [0.4, 0.5) is 5.69 Å². The Morgan fingerprint density at radius 1 is 1.07 bits per heavy atom. The maximum absolute atomic E-state index is 12.6. The maximum atomic E-state index is 12.6. The lowest BCUT2D eigenvalue weighted by Crippen LogP contribution is -2.41. The third-order valence-corrected chi connectivity index (χ3v) is 4.75. The standard InChI is InChI=1S/C21H27N3O2.ClH/c1-14-9-8-12-18(15(14)2)23-19(25)13-24(4)21(26)16(3)20(22)17-10-6-5-7-11-17;/h5-12,16,20H,13,22H2,1-4H3,(H,23,25);1H. The SMILES string of the molecule is Cc1cccc(NC(=O)CN(C)C(=O)C(C)C(N)c2ccccc2)c1C.Cl. The van der Waals surface area contributed by atoms with Crippen LogP contribution in [-0.2, 0) is 9.59 Å². The Hall–Kier alpha value is -2.37. The molecule has 0 saturated heterocycles. The van der Waals surface area contributed by atoms with Gasteiger partial charge in [-0.1, -0.05) is 49.4 Å². The number of carbonyl (C=O) groups excluding carboxylic acids is 2. The van der Waals surface area contributed by atoms with Crippen LogP contribution in [0.1, 0.15) is 29.7 Å². The summed E-state index contributed by atoms with van der Waals surface area (Å²) < 4.78 is 0. The van der Waals surface area contributed by atoms with E-state index in [4.69, 9.17) is 5.73 Å². The third-order valence-electron chi connectivity index (χ3n) is 4.75. The normalized spacial score (nSPS) is 12.5. The molecule has 6 heteroatoms. The topological polar surface area (TPSA) is 75.4 Å². The van der Waals surface area contributed by atoms with Crippen molar-refractivity contribution in [1.29, 1.82) is 0 Å². The molecule has 27 heavy (non-hydrogen) atoms. The Labute approximate surface area is 167 Å². The van der Waals surface area contributed by atoms with Crippen molar-refractivity contribution < 1.29 is 9.59 Å². The molecule has 0 spiro atoms. The van der Waals surface area contributed by atoms with E-state index in [-0.39, 0.29) is 30.8 Å². The predicted molar refractivity (Wildman–Crippen MR) is 112 cm³/mol. The van der Waals surface area contributed by atoms with Crippen LogP contribution in [0.25, 0.3) is 0 Å². The molecule has 0 saturated carbocycles. The molecule has 3 N–H and O–H groups in total. The molecule has 2 aromatic carbocycles. The van der Waals surface area contributed by atoms with Crippen LogP contribution in [0, 0.1) is 19.8 Å². The van der Waals surface area contributed by atoms with Crippen molar-refractivity contribution in [3.8, 4) is 0 Å². The van der Waals surface area contributed by atoms with E-state index in [1.165, 1.54) is 4.90 Å². The lowest BCUT2D eigenvalue weighted by atomic mass is 9.94. The number of benzene rings is 2. The quantitative estimate of drug-likeness (QED) is 0.794. The fourth-order valence-corrected chi connectivity index (χ4v) is 2.83. The summed E-state index contributed by atoms with van der Waals surface area (Å²) in [7, 11) is 1.62.